The first kappa shape index (κ1) is 14.3. The topological polar surface area (TPSA) is 35.5 Å². The Labute approximate surface area is 112 Å². The predicted octanol–water partition coefficient (Wildman–Crippen LogP) is 2.14. The highest BCUT2D eigenvalue weighted by atomic mass is 16.3. The molecule has 0 aromatic heterocycles. The second kappa shape index (κ2) is 6.36. The first-order valence-electron chi connectivity index (χ1n) is 7.86. The summed E-state index contributed by atoms with van der Waals surface area (Å²) in [7, 11) is 0. The van der Waals surface area contributed by atoms with Gasteiger partial charge in [0.2, 0.25) is 0 Å². The van der Waals surface area contributed by atoms with Gasteiger partial charge in [0.15, 0.2) is 0 Å². The Bertz CT molecular complexity index is 251. The molecule has 0 aromatic rings. The van der Waals surface area contributed by atoms with Crippen LogP contribution in [0.3, 0.4) is 0 Å². The van der Waals surface area contributed by atoms with Crippen molar-refractivity contribution in [2.24, 2.45) is 0 Å². The van der Waals surface area contributed by atoms with Crippen LogP contribution in [0.2, 0.25) is 0 Å². The van der Waals surface area contributed by atoms with E-state index in [9.17, 15) is 5.11 Å². The summed E-state index contributed by atoms with van der Waals surface area (Å²) in [4.78, 5) is 2.55. The van der Waals surface area contributed by atoms with Crippen LogP contribution in [0.25, 0.3) is 0 Å². The van der Waals surface area contributed by atoms with E-state index in [1.54, 1.807) is 0 Å². The normalized spacial score (nSPS) is 33.5. The summed E-state index contributed by atoms with van der Waals surface area (Å²) >= 11 is 0. The summed E-state index contributed by atoms with van der Waals surface area (Å²) in [6, 6.07) is 1.22. The summed E-state index contributed by atoms with van der Waals surface area (Å²) in [5.74, 6) is 0. The molecule has 3 heteroatoms. The third-order valence-electron chi connectivity index (χ3n) is 4.86. The first-order valence-corrected chi connectivity index (χ1v) is 7.86. The molecule has 1 saturated carbocycles. The largest absolute Gasteiger partial charge is 0.389 e. The smallest absolute Gasteiger partial charge is 0.0774 e. The lowest BCUT2D eigenvalue weighted by Crippen LogP contribution is -2.59. The number of piperazine rings is 1. The monoisotopic (exact) mass is 254 g/mol. The lowest BCUT2D eigenvalue weighted by Gasteiger charge is -2.45. The molecule has 18 heavy (non-hydrogen) atoms. The Hall–Kier alpha value is -0.120. The lowest BCUT2D eigenvalue weighted by molar-refractivity contribution is -0.0445. The fourth-order valence-corrected chi connectivity index (χ4v) is 3.54. The summed E-state index contributed by atoms with van der Waals surface area (Å²) in [6.45, 7) is 7.60. The van der Waals surface area contributed by atoms with Crippen molar-refractivity contribution in [3.05, 3.63) is 0 Å². The third-order valence-corrected chi connectivity index (χ3v) is 4.86. The van der Waals surface area contributed by atoms with E-state index < -0.39 is 5.60 Å². The highest BCUT2D eigenvalue weighted by Crippen LogP contribution is 2.30. The molecule has 1 heterocycles. The zero-order valence-electron chi connectivity index (χ0n) is 12.1. The summed E-state index contributed by atoms with van der Waals surface area (Å²) in [6.07, 6.45) is 8.09. The Morgan fingerprint density at radius 1 is 1.17 bits per heavy atom. The van der Waals surface area contributed by atoms with Gasteiger partial charge in [-0.3, -0.25) is 4.90 Å². The van der Waals surface area contributed by atoms with Gasteiger partial charge >= 0.3 is 0 Å². The van der Waals surface area contributed by atoms with Crippen LogP contribution in [0.1, 0.15) is 58.8 Å². The molecule has 2 aliphatic rings. The molecular formula is C15H30N2O. The molecular weight excluding hydrogens is 224 g/mol. The Morgan fingerprint density at radius 2 is 1.89 bits per heavy atom. The maximum atomic E-state index is 10.7. The Kier molecular flexibility index (Phi) is 5.05. The molecule has 0 bridgehead atoms. The van der Waals surface area contributed by atoms with Crippen molar-refractivity contribution in [3.63, 3.8) is 0 Å². The van der Waals surface area contributed by atoms with Crippen LogP contribution in [0.5, 0.6) is 0 Å². The summed E-state index contributed by atoms with van der Waals surface area (Å²) < 4.78 is 0. The van der Waals surface area contributed by atoms with Crippen LogP contribution < -0.4 is 5.32 Å². The Balaban J connectivity index is 1.95. The molecule has 0 spiro atoms. The van der Waals surface area contributed by atoms with E-state index in [-0.39, 0.29) is 0 Å². The first-order chi connectivity index (χ1) is 8.67. The van der Waals surface area contributed by atoms with Gasteiger partial charge in [0.05, 0.1) is 5.60 Å². The minimum absolute atomic E-state index is 0.401. The minimum atomic E-state index is -0.401. The maximum Gasteiger partial charge on any atom is 0.0774 e. The minimum Gasteiger partial charge on any atom is -0.389 e. The van der Waals surface area contributed by atoms with Crippen LogP contribution in [0.15, 0.2) is 0 Å². The Morgan fingerprint density at radius 3 is 2.50 bits per heavy atom. The average Bonchev–Trinajstić information content (AvgIpc) is 2.39. The number of nitrogens with one attached hydrogen (secondary N) is 1. The van der Waals surface area contributed by atoms with E-state index in [1.807, 2.05) is 0 Å². The van der Waals surface area contributed by atoms with Gasteiger partial charge in [-0.2, -0.15) is 0 Å². The van der Waals surface area contributed by atoms with E-state index in [0.29, 0.717) is 12.1 Å². The van der Waals surface area contributed by atoms with E-state index in [1.165, 1.54) is 32.1 Å². The van der Waals surface area contributed by atoms with Gasteiger partial charge in [0.25, 0.3) is 0 Å². The number of aliphatic hydroxyl groups is 1. The van der Waals surface area contributed by atoms with Crippen LogP contribution in [0.4, 0.5) is 0 Å². The molecule has 3 nitrogen and oxygen atoms in total. The van der Waals surface area contributed by atoms with Gasteiger partial charge in [-0.15, -0.1) is 0 Å². The molecule has 1 aliphatic heterocycles. The van der Waals surface area contributed by atoms with Gasteiger partial charge in [0.1, 0.15) is 0 Å². The molecule has 106 valence electrons. The van der Waals surface area contributed by atoms with Crippen LogP contribution >= 0.6 is 0 Å². The second-order valence-electron chi connectivity index (χ2n) is 6.29. The quantitative estimate of drug-likeness (QED) is 0.807. The molecule has 2 rings (SSSR count). The molecule has 2 atom stereocenters. The fourth-order valence-electron chi connectivity index (χ4n) is 3.54. The van der Waals surface area contributed by atoms with Gasteiger partial charge in [-0.25, -0.2) is 0 Å². The van der Waals surface area contributed by atoms with E-state index in [4.69, 9.17) is 0 Å². The molecule has 1 aliphatic carbocycles. The van der Waals surface area contributed by atoms with Crippen LogP contribution in [-0.4, -0.2) is 47.3 Å². The molecule has 1 saturated heterocycles. The second-order valence-corrected chi connectivity index (χ2v) is 6.29. The summed E-state index contributed by atoms with van der Waals surface area (Å²) in [5, 5.41) is 14.4. The zero-order chi connectivity index (χ0) is 13.0. The molecule has 2 fully saturated rings. The molecule has 2 unspecified atom stereocenters. The molecule has 0 radical (unpaired) electrons. The van der Waals surface area contributed by atoms with E-state index in [0.717, 1.165) is 32.5 Å². The molecule has 0 aromatic carbocycles. The third kappa shape index (κ3) is 3.46. The van der Waals surface area contributed by atoms with Gasteiger partial charge in [-0.1, -0.05) is 33.1 Å². The van der Waals surface area contributed by atoms with Gasteiger partial charge in [0, 0.05) is 31.7 Å². The number of nitrogens with zero attached hydrogens (tertiary/aromatic N) is 1. The van der Waals surface area contributed by atoms with Crippen molar-refractivity contribution < 1.29 is 5.11 Å². The SMILES string of the molecule is CCC1CN(CC2(O)CCCCC2)C(CC)CN1. The fraction of sp³-hybridized carbons (Fsp3) is 1.00. The van der Waals surface area contributed by atoms with E-state index >= 15 is 0 Å². The van der Waals surface area contributed by atoms with Crippen molar-refractivity contribution >= 4 is 0 Å². The average molecular weight is 254 g/mol. The highest BCUT2D eigenvalue weighted by molar-refractivity contribution is 4.92. The predicted molar refractivity (Wildman–Crippen MR) is 75.8 cm³/mol. The van der Waals surface area contributed by atoms with Crippen molar-refractivity contribution in [1.29, 1.82) is 0 Å². The van der Waals surface area contributed by atoms with Gasteiger partial charge < -0.3 is 10.4 Å². The van der Waals surface area contributed by atoms with Crippen molar-refractivity contribution in [2.45, 2.75) is 76.5 Å². The van der Waals surface area contributed by atoms with Crippen molar-refractivity contribution in [2.75, 3.05) is 19.6 Å². The zero-order valence-corrected chi connectivity index (χ0v) is 12.1. The van der Waals surface area contributed by atoms with Gasteiger partial charge in [-0.05, 0) is 25.7 Å². The van der Waals surface area contributed by atoms with Crippen LogP contribution in [0, 0.1) is 0 Å². The van der Waals surface area contributed by atoms with E-state index in [2.05, 4.69) is 24.1 Å². The highest BCUT2D eigenvalue weighted by Gasteiger charge is 2.35. The number of hydrogen-bond donors (Lipinski definition) is 2. The van der Waals surface area contributed by atoms with Crippen LogP contribution in [-0.2, 0) is 0 Å². The summed E-state index contributed by atoms with van der Waals surface area (Å²) in [5.41, 5.74) is -0.401. The maximum absolute atomic E-state index is 10.7. The number of β-amino-alcohol motifs (C(OH)–C–C–N with tert-alkyl or cyclic N) is 1. The number of hydrogen-bond acceptors (Lipinski definition) is 3. The van der Waals surface area contributed by atoms with Crippen molar-refractivity contribution in [3.8, 4) is 0 Å². The number of rotatable bonds is 4. The molecule has 0 amide bonds. The standard InChI is InChI=1S/C15H30N2O/c1-3-13-11-17(14(4-2)10-16-13)12-15(18)8-6-5-7-9-15/h13-14,16,18H,3-12H2,1-2H3. The van der Waals surface area contributed by atoms with Crippen molar-refractivity contribution in [1.82, 2.24) is 10.2 Å². The lowest BCUT2D eigenvalue weighted by atomic mass is 9.84. The molecule has 2 N–H and O–H groups in total.